The normalized spacial score (nSPS) is 26.6. The first-order valence-electron chi connectivity index (χ1n) is 9.26. The van der Waals surface area contributed by atoms with Gasteiger partial charge < -0.3 is 14.4 Å². The Hall–Kier alpha value is -3.00. The summed E-state index contributed by atoms with van der Waals surface area (Å²) in [6, 6.07) is 8.62. The van der Waals surface area contributed by atoms with Crippen molar-refractivity contribution >= 4 is 0 Å². The highest BCUT2D eigenvalue weighted by molar-refractivity contribution is 5.68. The number of phenolic OH excluding ortho intramolecular Hbond substituents is 1. The van der Waals surface area contributed by atoms with Gasteiger partial charge in [-0.3, -0.25) is 4.90 Å². The Morgan fingerprint density at radius 2 is 2.11 bits per heavy atom. The van der Waals surface area contributed by atoms with Gasteiger partial charge in [-0.25, -0.2) is 9.37 Å². The number of ether oxygens (including phenoxy) is 1. The van der Waals surface area contributed by atoms with Crippen LogP contribution in [0.1, 0.15) is 6.42 Å². The first-order chi connectivity index (χ1) is 13.6. The van der Waals surface area contributed by atoms with E-state index < -0.39 is 12.3 Å². The average Bonchev–Trinajstić information content (AvgIpc) is 3.41. The van der Waals surface area contributed by atoms with Crippen LogP contribution >= 0.6 is 0 Å². The molecule has 1 aliphatic carbocycles. The number of likely N-dealkylation sites (tertiary alicyclic amines) is 1. The molecular weight excluding hydrogens is 361 g/mol. The maximum absolute atomic E-state index is 14.5. The minimum absolute atomic E-state index is 0.0619. The molecule has 3 aromatic rings. The van der Waals surface area contributed by atoms with Gasteiger partial charge in [0.2, 0.25) is 5.88 Å². The second kappa shape index (κ2) is 6.56. The van der Waals surface area contributed by atoms with E-state index >= 15 is 0 Å². The van der Waals surface area contributed by atoms with E-state index in [4.69, 9.17) is 4.74 Å². The third-order valence-electron chi connectivity index (χ3n) is 5.74. The molecule has 144 valence electrons. The average molecular weight is 381 g/mol. The SMILES string of the molecule is CN1CC2CC1[C@H](F)[C@H]2Oc1ccc(-c2ccc(-n3ccnc3)cc2O)nn1. The van der Waals surface area contributed by atoms with Crippen LogP contribution in [0.2, 0.25) is 0 Å². The third kappa shape index (κ3) is 2.80. The number of phenols is 1. The van der Waals surface area contributed by atoms with E-state index in [2.05, 4.69) is 20.1 Å². The standard InChI is InChI=1S/C20H20FN5O2/c1-25-10-12-8-16(25)19(21)20(12)28-18-5-4-15(23-24-18)14-3-2-13(9-17(14)27)26-7-6-22-11-26/h2-7,9,11-12,16,19-20,27H,8,10H2,1H3/t12?,16?,19-,20-/m0/s1. The molecule has 2 fully saturated rings. The maximum Gasteiger partial charge on any atom is 0.233 e. The highest BCUT2D eigenvalue weighted by atomic mass is 19.1. The number of imidazole rings is 1. The van der Waals surface area contributed by atoms with Crippen LogP contribution in [0.5, 0.6) is 11.6 Å². The van der Waals surface area contributed by atoms with Crippen molar-refractivity contribution in [2.75, 3.05) is 13.6 Å². The predicted octanol–water partition coefficient (Wildman–Crippen LogP) is 2.45. The van der Waals surface area contributed by atoms with Crippen molar-refractivity contribution in [3.63, 3.8) is 0 Å². The molecule has 3 heterocycles. The molecule has 28 heavy (non-hydrogen) atoms. The molecule has 4 atom stereocenters. The Bertz CT molecular complexity index is 977. The van der Waals surface area contributed by atoms with Gasteiger partial charge in [0.1, 0.15) is 11.9 Å². The van der Waals surface area contributed by atoms with Crippen LogP contribution < -0.4 is 4.74 Å². The molecule has 0 radical (unpaired) electrons. The maximum atomic E-state index is 14.5. The monoisotopic (exact) mass is 381 g/mol. The van der Waals surface area contributed by atoms with Crippen molar-refractivity contribution in [1.29, 1.82) is 0 Å². The lowest BCUT2D eigenvalue weighted by atomic mass is 10.1. The number of halogens is 1. The summed E-state index contributed by atoms with van der Waals surface area (Å²) in [6.07, 6.45) is 4.48. The second-order valence-corrected chi connectivity index (χ2v) is 7.46. The van der Waals surface area contributed by atoms with Gasteiger partial charge >= 0.3 is 0 Å². The number of aromatic hydroxyl groups is 1. The Labute approximate surface area is 161 Å². The van der Waals surface area contributed by atoms with Gasteiger partial charge in [0, 0.05) is 48.6 Å². The Morgan fingerprint density at radius 1 is 1.21 bits per heavy atom. The zero-order chi connectivity index (χ0) is 19.3. The van der Waals surface area contributed by atoms with Crippen LogP contribution in [0.4, 0.5) is 4.39 Å². The van der Waals surface area contributed by atoms with Gasteiger partial charge in [0.15, 0.2) is 6.17 Å². The molecule has 0 amide bonds. The van der Waals surface area contributed by atoms with E-state index in [1.165, 1.54) is 0 Å². The van der Waals surface area contributed by atoms with Crippen molar-refractivity contribution in [3.05, 3.63) is 49.1 Å². The summed E-state index contributed by atoms with van der Waals surface area (Å²) in [5, 5.41) is 18.6. The molecule has 0 spiro atoms. The fourth-order valence-corrected chi connectivity index (χ4v) is 4.30. The summed E-state index contributed by atoms with van der Waals surface area (Å²) in [6.45, 7) is 0.846. The summed E-state index contributed by atoms with van der Waals surface area (Å²) in [4.78, 5) is 6.06. The van der Waals surface area contributed by atoms with Crippen LogP contribution in [0, 0.1) is 5.92 Å². The van der Waals surface area contributed by atoms with Gasteiger partial charge in [-0.15, -0.1) is 10.2 Å². The fraction of sp³-hybridized carbons (Fsp3) is 0.350. The molecule has 2 bridgehead atoms. The predicted molar refractivity (Wildman–Crippen MR) is 100 cm³/mol. The quantitative estimate of drug-likeness (QED) is 0.748. The van der Waals surface area contributed by atoms with E-state index in [1.54, 1.807) is 47.6 Å². The van der Waals surface area contributed by atoms with Crippen LogP contribution in [0.3, 0.4) is 0 Å². The Kier molecular flexibility index (Phi) is 4.01. The zero-order valence-electron chi connectivity index (χ0n) is 15.3. The van der Waals surface area contributed by atoms with Crippen molar-refractivity contribution in [2.24, 2.45) is 5.92 Å². The number of rotatable bonds is 4. The highest BCUT2D eigenvalue weighted by Crippen LogP contribution is 2.40. The summed E-state index contributed by atoms with van der Waals surface area (Å²) >= 11 is 0. The number of nitrogens with zero attached hydrogens (tertiary/aromatic N) is 5. The van der Waals surface area contributed by atoms with E-state index in [0.717, 1.165) is 18.7 Å². The molecule has 1 saturated carbocycles. The zero-order valence-corrected chi connectivity index (χ0v) is 15.3. The number of alkyl halides is 1. The molecule has 8 heteroatoms. The van der Waals surface area contributed by atoms with Crippen molar-refractivity contribution in [2.45, 2.75) is 24.7 Å². The molecule has 5 rings (SSSR count). The van der Waals surface area contributed by atoms with Crippen molar-refractivity contribution in [1.82, 2.24) is 24.6 Å². The van der Waals surface area contributed by atoms with E-state index in [0.29, 0.717) is 17.1 Å². The van der Waals surface area contributed by atoms with Crippen LogP contribution in [0.15, 0.2) is 49.1 Å². The van der Waals surface area contributed by atoms with Crippen LogP contribution in [0.25, 0.3) is 16.9 Å². The molecule has 1 aromatic carbocycles. The second-order valence-electron chi connectivity index (χ2n) is 7.46. The summed E-state index contributed by atoms with van der Waals surface area (Å²) < 4.78 is 22.1. The number of fused-ring (bicyclic) bond motifs is 2. The van der Waals surface area contributed by atoms with Gasteiger partial charge in [-0.05, 0) is 31.7 Å². The minimum Gasteiger partial charge on any atom is -0.507 e. The van der Waals surface area contributed by atoms with Gasteiger partial charge in [-0.2, -0.15) is 0 Å². The minimum atomic E-state index is -1.01. The summed E-state index contributed by atoms with van der Waals surface area (Å²) in [5.41, 5.74) is 1.88. The Balaban J connectivity index is 1.33. The molecule has 1 N–H and O–H groups in total. The number of benzene rings is 1. The van der Waals surface area contributed by atoms with Crippen molar-refractivity contribution in [3.8, 4) is 28.6 Å². The topological polar surface area (TPSA) is 76.3 Å². The smallest absolute Gasteiger partial charge is 0.233 e. The molecule has 1 aliphatic heterocycles. The molecular formula is C20H20FN5O2. The highest BCUT2D eigenvalue weighted by Gasteiger charge is 2.52. The fourth-order valence-electron chi connectivity index (χ4n) is 4.30. The van der Waals surface area contributed by atoms with Gasteiger partial charge in [-0.1, -0.05) is 0 Å². The number of hydrogen-bond acceptors (Lipinski definition) is 6. The van der Waals surface area contributed by atoms with E-state index in [-0.39, 0.29) is 17.7 Å². The van der Waals surface area contributed by atoms with Crippen LogP contribution in [-0.2, 0) is 0 Å². The number of hydrogen-bond donors (Lipinski definition) is 1. The lowest BCUT2D eigenvalue weighted by Gasteiger charge is -2.31. The molecule has 7 nitrogen and oxygen atoms in total. The number of aromatic nitrogens is 4. The first-order valence-corrected chi connectivity index (χ1v) is 9.26. The van der Waals surface area contributed by atoms with E-state index in [1.807, 2.05) is 13.1 Å². The van der Waals surface area contributed by atoms with E-state index in [9.17, 15) is 9.50 Å². The van der Waals surface area contributed by atoms with Crippen molar-refractivity contribution < 1.29 is 14.2 Å². The summed E-state index contributed by atoms with van der Waals surface area (Å²) in [7, 11) is 1.95. The molecule has 2 unspecified atom stereocenters. The Morgan fingerprint density at radius 3 is 2.75 bits per heavy atom. The van der Waals surface area contributed by atoms with Gasteiger partial charge in [0.25, 0.3) is 0 Å². The molecule has 2 aliphatic rings. The van der Waals surface area contributed by atoms with Gasteiger partial charge in [0.05, 0.1) is 17.7 Å². The lowest BCUT2D eigenvalue weighted by molar-refractivity contribution is 0.0220. The number of piperidine rings is 1. The molecule has 2 aromatic heterocycles. The molecule has 1 saturated heterocycles. The largest absolute Gasteiger partial charge is 0.507 e. The summed E-state index contributed by atoms with van der Waals surface area (Å²) in [5.74, 6) is 0.585. The first kappa shape index (κ1) is 17.1. The van der Waals surface area contributed by atoms with Crippen LogP contribution in [-0.4, -0.2) is 61.7 Å². The third-order valence-corrected chi connectivity index (χ3v) is 5.74. The lowest BCUT2D eigenvalue weighted by Crippen LogP contribution is -2.46.